The van der Waals surface area contributed by atoms with Crippen LogP contribution in [0.5, 0.6) is 0 Å². The van der Waals surface area contributed by atoms with Gasteiger partial charge < -0.3 is 15.2 Å². The Morgan fingerprint density at radius 3 is 2.86 bits per heavy atom. The molecule has 3 rings (SSSR count). The first-order valence-corrected chi connectivity index (χ1v) is 7.94. The van der Waals surface area contributed by atoms with Crippen LogP contribution >= 0.6 is 0 Å². The molecular weight excluding hydrogens is 276 g/mol. The Kier molecular flexibility index (Phi) is 3.81. The van der Waals surface area contributed by atoms with Gasteiger partial charge in [0.1, 0.15) is 0 Å². The molecular formula is C17H24N4O. The number of carbonyl (C=O) groups excluding carboxylic acids is 1. The van der Waals surface area contributed by atoms with Crippen LogP contribution in [0.1, 0.15) is 33.6 Å². The lowest BCUT2D eigenvalue weighted by atomic mass is 9.94. The molecule has 1 amide bonds. The molecule has 22 heavy (non-hydrogen) atoms. The zero-order valence-corrected chi connectivity index (χ0v) is 13.5. The second kappa shape index (κ2) is 5.63. The Morgan fingerprint density at radius 2 is 2.14 bits per heavy atom. The highest BCUT2D eigenvalue weighted by atomic mass is 16.2. The SMILES string of the molecule is CC(C)(C)C(=O)NC1CCCN(c2nc3ccccc3[nH]2)C1. The van der Waals surface area contributed by atoms with E-state index in [-0.39, 0.29) is 17.4 Å². The van der Waals surface area contributed by atoms with Crippen molar-refractivity contribution in [1.82, 2.24) is 15.3 Å². The average Bonchev–Trinajstić information content (AvgIpc) is 2.90. The highest BCUT2D eigenvalue weighted by Crippen LogP contribution is 2.21. The molecule has 2 aromatic rings. The molecule has 118 valence electrons. The zero-order valence-electron chi connectivity index (χ0n) is 13.5. The van der Waals surface area contributed by atoms with Crippen LogP contribution in [-0.4, -0.2) is 35.0 Å². The molecule has 1 atom stereocenters. The topological polar surface area (TPSA) is 61.0 Å². The largest absolute Gasteiger partial charge is 0.351 e. The van der Waals surface area contributed by atoms with Crippen LogP contribution in [0.2, 0.25) is 0 Å². The van der Waals surface area contributed by atoms with Gasteiger partial charge in [-0.05, 0) is 25.0 Å². The van der Waals surface area contributed by atoms with Gasteiger partial charge in [-0.3, -0.25) is 4.79 Å². The number of fused-ring (bicyclic) bond motifs is 1. The van der Waals surface area contributed by atoms with E-state index in [1.807, 2.05) is 45.0 Å². The first-order chi connectivity index (χ1) is 10.4. The molecule has 1 saturated heterocycles. The molecule has 0 bridgehead atoms. The van der Waals surface area contributed by atoms with Gasteiger partial charge in [0.2, 0.25) is 11.9 Å². The van der Waals surface area contributed by atoms with Gasteiger partial charge in [0.15, 0.2) is 0 Å². The van der Waals surface area contributed by atoms with Crippen molar-refractivity contribution in [2.45, 2.75) is 39.7 Å². The number of nitrogens with zero attached hydrogens (tertiary/aromatic N) is 2. The van der Waals surface area contributed by atoms with Crippen LogP contribution < -0.4 is 10.2 Å². The maximum absolute atomic E-state index is 12.2. The lowest BCUT2D eigenvalue weighted by molar-refractivity contribution is -0.129. The van der Waals surface area contributed by atoms with Crippen LogP contribution in [0.4, 0.5) is 5.95 Å². The van der Waals surface area contributed by atoms with Crippen LogP contribution in [0.15, 0.2) is 24.3 Å². The number of aromatic amines is 1. The molecule has 0 saturated carbocycles. The van der Waals surface area contributed by atoms with Crippen molar-refractivity contribution in [3.63, 3.8) is 0 Å². The minimum atomic E-state index is -0.346. The average molecular weight is 300 g/mol. The number of hydrogen-bond acceptors (Lipinski definition) is 3. The van der Waals surface area contributed by atoms with Crippen LogP contribution in [0.25, 0.3) is 11.0 Å². The van der Waals surface area contributed by atoms with E-state index >= 15 is 0 Å². The third-order valence-electron chi connectivity index (χ3n) is 4.11. The molecule has 5 heteroatoms. The summed E-state index contributed by atoms with van der Waals surface area (Å²) in [5.41, 5.74) is 1.69. The number of anilines is 1. The Labute approximate surface area is 131 Å². The number of para-hydroxylation sites is 2. The van der Waals surface area contributed by atoms with E-state index in [1.54, 1.807) is 0 Å². The van der Waals surface area contributed by atoms with Crippen molar-refractivity contribution in [3.8, 4) is 0 Å². The minimum Gasteiger partial charge on any atom is -0.351 e. The maximum Gasteiger partial charge on any atom is 0.225 e. The maximum atomic E-state index is 12.2. The van der Waals surface area contributed by atoms with Gasteiger partial charge in [0.05, 0.1) is 11.0 Å². The van der Waals surface area contributed by atoms with Gasteiger partial charge in [-0.2, -0.15) is 0 Å². The van der Waals surface area contributed by atoms with Crippen molar-refractivity contribution in [2.24, 2.45) is 5.41 Å². The van der Waals surface area contributed by atoms with E-state index in [4.69, 9.17) is 0 Å². The number of imidazole rings is 1. The van der Waals surface area contributed by atoms with E-state index in [0.29, 0.717) is 0 Å². The number of benzene rings is 1. The number of aromatic nitrogens is 2. The van der Waals surface area contributed by atoms with Crippen molar-refractivity contribution in [3.05, 3.63) is 24.3 Å². The normalized spacial score (nSPS) is 19.4. The molecule has 1 aromatic carbocycles. The standard InChI is InChI=1S/C17H24N4O/c1-17(2,3)15(22)18-12-7-6-10-21(11-12)16-19-13-8-4-5-9-14(13)20-16/h4-5,8-9,12H,6-7,10-11H2,1-3H3,(H,18,22)(H,19,20). The summed E-state index contributed by atoms with van der Waals surface area (Å²) in [6.45, 7) is 7.62. The highest BCUT2D eigenvalue weighted by Gasteiger charge is 2.27. The summed E-state index contributed by atoms with van der Waals surface area (Å²) in [5.74, 6) is 1.01. The lowest BCUT2D eigenvalue weighted by Crippen LogP contribution is -2.50. The van der Waals surface area contributed by atoms with E-state index in [0.717, 1.165) is 42.9 Å². The summed E-state index contributed by atoms with van der Waals surface area (Å²) < 4.78 is 0. The fourth-order valence-electron chi connectivity index (χ4n) is 2.78. The summed E-state index contributed by atoms with van der Waals surface area (Å²) in [6, 6.07) is 8.24. The smallest absolute Gasteiger partial charge is 0.225 e. The lowest BCUT2D eigenvalue weighted by Gasteiger charge is -2.34. The summed E-state index contributed by atoms with van der Waals surface area (Å²) in [6.07, 6.45) is 2.09. The summed E-state index contributed by atoms with van der Waals surface area (Å²) in [5, 5.41) is 3.17. The molecule has 1 aliphatic rings. The summed E-state index contributed by atoms with van der Waals surface area (Å²) in [7, 11) is 0. The Morgan fingerprint density at radius 1 is 1.36 bits per heavy atom. The second-order valence-corrected chi connectivity index (χ2v) is 7.09. The van der Waals surface area contributed by atoms with Crippen LogP contribution in [0, 0.1) is 5.41 Å². The molecule has 1 aliphatic heterocycles. The number of nitrogens with one attached hydrogen (secondary N) is 2. The number of H-pyrrole nitrogens is 1. The number of amides is 1. The number of carbonyl (C=O) groups is 1. The van der Waals surface area contributed by atoms with Crippen molar-refractivity contribution in [2.75, 3.05) is 18.0 Å². The Bertz CT molecular complexity index is 638. The predicted molar refractivity (Wildman–Crippen MR) is 88.9 cm³/mol. The molecule has 1 unspecified atom stereocenters. The summed E-state index contributed by atoms with van der Waals surface area (Å²) in [4.78, 5) is 22.4. The molecule has 0 radical (unpaired) electrons. The number of rotatable bonds is 2. The van der Waals surface area contributed by atoms with Crippen molar-refractivity contribution in [1.29, 1.82) is 0 Å². The molecule has 0 aliphatic carbocycles. The predicted octanol–water partition coefficient (Wildman–Crippen LogP) is 2.69. The van der Waals surface area contributed by atoms with Gasteiger partial charge >= 0.3 is 0 Å². The molecule has 1 fully saturated rings. The third-order valence-corrected chi connectivity index (χ3v) is 4.11. The van der Waals surface area contributed by atoms with Crippen molar-refractivity contribution < 1.29 is 4.79 Å². The fraction of sp³-hybridized carbons (Fsp3) is 0.529. The van der Waals surface area contributed by atoms with Gasteiger partial charge in [0.25, 0.3) is 0 Å². The highest BCUT2D eigenvalue weighted by molar-refractivity contribution is 5.81. The molecule has 2 N–H and O–H groups in total. The van der Waals surface area contributed by atoms with E-state index < -0.39 is 0 Å². The van der Waals surface area contributed by atoms with Crippen LogP contribution in [0.3, 0.4) is 0 Å². The zero-order chi connectivity index (χ0) is 15.7. The minimum absolute atomic E-state index is 0.115. The molecule has 0 spiro atoms. The fourth-order valence-corrected chi connectivity index (χ4v) is 2.78. The molecule has 1 aromatic heterocycles. The van der Waals surface area contributed by atoms with Gasteiger partial charge in [0, 0.05) is 24.5 Å². The first-order valence-electron chi connectivity index (χ1n) is 7.94. The monoisotopic (exact) mass is 300 g/mol. The van der Waals surface area contributed by atoms with E-state index in [2.05, 4.69) is 20.2 Å². The second-order valence-electron chi connectivity index (χ2n) is 7.09. The quantitative estimate of drug-likeness (QED) is 0.896. The van der Waals surface area contributed by atoms with Crippen LogP contribution in [-0.2, 0) is 4.79 Å². The van der Waals surface area contributed by atoms with Crippen molar-refractivity contribution >= 4 is 22.9 Å². The molecule has 5 nitrogen and oxygen atoms in total. The third kappa shape index (κ3) is 3.08. The molecule has 2 heterocycles. The van der Waals surface area contributed by atoms with Gasteiger partial charge in [-0.25, -0.2) is 4.98 Å². The van der Waals surface area contributed by atoms with Gasteiger partial charge in [-0.15, -0.1) is 0 Å². The number of hydrogen-bond donors (Lipinski definition) is 2. The Hall–Kier alpha value is -2.04. The Balaban J connectivity index is 1.71. The van der Waals surface area contributed by atoms with Gasteiger partial charge in [-0.1, -0.05) is 32.9 Å². The van der Waals surface area contributed by atoms with E-state index in [1.165, 1.54) is 0 Å². The van der Waals surface area contributed by atoms with E-state index in [9.17, 15) is 4.79 Å². The number of piperidine rings is 1. The summed E-state index contributed by atoms with van der Waals surface area (Å²) >= 11 is 0. The first kappa shape index (κ1) is 14.9.